The zero-order chi connectivity index (χ0) is 10.8. The monoisotopic (exact) mass is 204 g/mol. The molecule has 0 aromatic rings. The fraction of sp³-hybridized carbons (Fsp3) is 0.182. The number of carbonyl (C=O) groups is 1. The molecule has 2 rings (SSSR count). The number of rotatable bonds is 2. The number of carboxylic acids is 1. The van der Waals surface area contributed by atoms with E-state index in [1.54, 1.807) is 12.2 Å². The molecule has 1 aliphatic heterocycles. The Labute approximate surface area is 87.7 Å². The van der Waals surface area contributed by atoms with Crippen LogP contribution in [0.5, 0.6) is 0 Å². The van der Waals surface area contributed by atoms with Crippen LogP contribution in [0.25, 0.3) is 0 Å². The van der Waals surface area contributed by atoms with Gasteiger partial charge >= 0.3 is 5.97 Å². The summed E-state index contributed by atoms with van der Waals surface area (Å²) in [7, 11) is 1.82. The van der Waals surface area contributed by atoms with E-state index in [1.165, 1.54) is 0 Å². The molecule has 0 saturated carbocycles. The van der Waals surface area contributed by atoms with Gasteiger partial charge in [0, 0.05) is 7.05 Å². The van der Waals surface area contributed by atoms with E-state index in [0.29, 0.717) is 5.57 Å². The molecule has 0 aromatic carbocycles. The molecule has 0 saturated heterocycles. The summed E-state index contributed by atoms with van der Waals surface area (Å²) in [5, 5.41) is 15.0. The average molecular weight is 204 g/mol. The summed E-state index contributed by atoms with van der Waals surface area (Å²) >= 11 is 0. The number of allylic oxidation sites excluding steroid dienone is 2. The third kappa shape index (κ3) is 1.79. The molecule has 0 fully saturated rings. The number of carboxylic acid groups (broad SMARTS) is 1. The van der Waals surface area contributed by atoms with E-state index in [0.717, 1.165) is 11.4 Å². The third-order valence-corrected chi connectivity index (χ3v) is 2.43. The largest absolute Gasteiger partial charge is 0.478 e. The Morgan fingerprint density at radius 1 is 1.47 bits per heavy atom. The molecule has 4 heteroatoms. The van der Waals surface area contributed by atoms with Gasteiger partial charge in [-0.2, -0.15) is 0 Å². The van der Waals surface area contributed by atoms with Crippen molar-refractivity contribution < 1.29 is 9.90 Å². The van der Waals surface area contributed by atoms with Crippen LogP contribution in [0.1, 0.15) is 0 Å². The number of hydrogen-bond donors (Lipinski definition) is 3. The van der Waals surface area contributed by atoms with Crippen molar-refractivity contribution in [3.05, 3.63) is 47.3 Å². The minimum atomic E-state index is -0.896. The summed E-state index contributed by atoms with van der Waals surface area (Å²) in [6.07, 6.45) is 9.04. The summed E-state index contributed by atoms with van der Waals surface area (Å²) in [6, 6.07) is -0.0476. The molecule has 1 heterocycles. The second-order valence-corrected chi connectivity index (χ2v) is 3.38. The van der Waals surface area contributed by atoms with Crippen LogP contribution in [-0.4, -0.2) is 24.2 Å². The standard InChI is InChI=1S/C11H12N2O2/c1-12-10-5-4-7-2-3-8(11(14)15)6-9(7)13-10/h2-6,9,12-13H,1H3,(H,14,15). The second-order valence-electron chi connectivity index (χ2n) is 3.38. The quantitative estimate of drug-likeness (QED) is 0.614. The van der Waals surface area contributed by atoms with E-state index in [9.17, 15) is 4.79 Å². The number of nitrogens with one attached hydrogen (secondary N) is 2. The molecule has 0 aromatic heterocycles. The van der Waals surface area contributed by atoms with Crippen molar-refractivity contribution in [1.29, 1.82) is 0 Å². The number of dihydropyridines is 1. The summed E-state index contributed by atoms with van der Waals surface area (Å²) in [5.41, 5.74) is 1.39. The lowest BCUT2D eigenvalue weighted by atomic mass is 9.95. The van der Waals surface area contributed by atoms with Gasteiger partial charge in [0.25, 0.3) is 0 Å². The summed E-state index contributed by atoms with van der Waals surface area (Å²) in [5.74, 6) is -0.00676. The maximum Gasteiger partial charge on any atom is 0.335 e. The van der Waals surface area contributed by atoms with E-state index in [2.05, 4.69) is 10.6 Å². The Kier molecular flexibility index (Phi) is 2.33. The highest BCUT2D eigenvalue weighted by Gasteiger charge is 2.19. The molecule has 1 aliphatic carbocycles. The van der Waals surface area contributed by atoms with Crippen molar-refractivity contribution in [2.75, 3.05) is 7.05 Å². The highest BCUT2D eigenvalue weighted by atomic mass is 16.4. The van der Waals surface area contributed by atoms with Crippen LogP contribution in [0, 0.1) is 0 Å². The lowest BCUT2D eigenvalue weighted by Crippen LogP contribution is -2.36. The molecule has 3 N–H and O–H groups in total. The fourth-order valence-electron chi connectivity index (χ4n) is 1.60. The summed E-state index contributed by atoms with van der Waals surface area (Å²) in [6.45, 7) is 0. The van der Waals surface area contributed by atoms with Crippen molar-refractivity contribution in [3.63, 3.8) is 0 Å². The zero-order valence-electron chi connectivity index (χ0n) is 8.32. The van der Waals surface area contributed by atoms with Gasteiger partial charge in [-0.15, -0.1) is 0 Å². The highest BCUT2D eigenvalue weighted by Crippen LogP contribution is 2.20. The van der Waals surface area contributed by atoms with E-state index in [-0.39, 0.29) is 6.04 Å². The highest BCUT2D eigenvalue weighted by molar-refractivity contribution is 5.90. The Bertz CT molecular complexity index is 416. The molecule has 1 unspecified atom stereocenters. The van der Waals surface area contributed by atoms with Crippen LogP contribution in [0.4, 0.5) is 0 Å². The molecular formula is C11H12N2O2. The van der Waals surface area contributed by atoms with Crippen molar-refractivity contribution in [3.8, 4) is 0 Å². The first kappa shape index (κ1) is 9.58. The van der Waals surface area contributed by atoms with Gasteiger partial charge in [0.1, 0.15) is 0 Å². The maximum atomic E-state index is 10.8. The van der Waals surface area contributed by atoms with Gasteiger partial charge in [-0.05, 0) is 23.8 Å². The Hall–Kier alpha value is -1.97. The first-order valence-corrected chi connectivity index (χ1v) is 4.70. The van der Waals surface area contributed by atoms with Crippen LogP contribution < -0.4 is 10.6 Å². The predicted octanol–water partition coefficient (Wildman–Crippen LogP) is 0.526. The normalized spacial score (nSPS) is 23.0. The van der Waals surface area contributed by atoms with Crippen LogP contribution in [-0.2, 0) is 4.79 Å². The molecule has 15 heavy (non-hydrogen) atoms. The van der Waals surface area contributed by atoms with E-state index in [4.69, 9.17) is 5.11 Å². The van der Waals surface area contributed by atoms with Gasteiger partial charge in [0.2, 0.25) is 0 Å². The third-order valence-electron chi connectivity index (χ3n) is 2.43. The van der Waals surface area contributed by atoms with Gasteiger partial charge < -0.3 is 15.7 Å². The molecule has 0 amide bonds. The zero-order valence-corrected chi connectivity index (χ0v) is 8.32. The van der Waals surface area contributed by atoms with Gasteiger partial charge in [-0.3, -0.25) is 0 Å². The minimum Gasteiger partial charge on any atom is -0.478 e. The van der Waals surface area contributed by atoms with Crippen LogP contribution in [0.15, 0.2) is 47.3 Å². The molecule has 0 radical (unpaired) electrons. The average Bonchev–Trinajstić information content (AvgIpc) is 2.27. The van der Waals surface area contributed by atoms with Gasteiger partial charge in [-0.25, -0.2) is 4.79 Å². The Morgan fingerprint density at radius 2 is 2.27 bits per heavy atom. The maximum absolute atomic E-state index is 10.8. The topological polar surface area (TPSA) is 61.4 Å². The Balaban J connectivity index is 2.26. The molecule has 0 spiro atoms. The second kappa shape index (κ2) is 3.65. The van der Waals surface area contributed by atoms with Gasteiger partial charge in [0.15, 0.2) is 0 Å². The van der Waals surface area contributed by atoms with E-state index < -0.39 is 5.97 Å². The van der Waals surface area contributed by atoms with Gasteiger partial charge in [-0.1, -0.05) is 12.2 Å². The van der Waals surface area contributed by atoms with E-state index >= 15 is 0 Å². The first-order chi connectivity index (χ1) is 7.20. The fourth-order valence-corrected chi connectivity index (χ4v) is 1.60. The first-order valence-electron chi connectivity index (χ1n) is 4.70. The lowest BCUT2D eigenvalue weighted by Gasteiger charge is -2.25. The molecule has 1 atom stereocenters. The SMILES string of the molecule is CNC1=CC=C2C=CC(C(=O)O)=CC2N1. The number of hydrogen-bond acceptors (Lipinski definition) is 3. The molecule has 0 bridgehead atoms. The van der Waals surface area contributed by atoms with Crippen molar-refractivity contribution in [2.45, 2.75) is 6.04 Å². The molecule has 2 aliphatic rings. The van der Waals surface area contributed by atoms with Crippen molar-refractivity contribution >= 4 is 5.97 Å². The minimum absolute atomic E-state index is 0.0476. The Morgan fingerprint density at radius 3 is 2.93 bits per heavy atom. The summed E-state index contributed by atoms with van der Waals surface area (Å²) < 4.78 is 0. The molecular weight excluding hydrogens is 192 g/mol. The molecule has 78 valence electrons. The van der Waals surface area contributed by atoms with Crippen LogP contribution in [0.3, 0.4) is 0 Å². The number of fused-ring (bicyclic) bond motifs is 1. The van der Waals surface area contributed by atoms with Crippen LogP contribution in [0.2, 0.25) is 0 Å². The smallest absolute Gasteiger partial charge is 0.335 e. The number of aliphatic carboxylic acids is 1. The van der Waals surface area contributed by atoms with Crippen molar-refractivity contribution in [2.24, 2.45) is 0 Å². The van der Waals surface area contributed by atoms with Crippen LogP contribution >= 0.6 is 0 Å². The van der Waals surface area contributed by atoms with Gasteiger partial charge in [0.05, 0.1) is 17.4 Å². The lowest BCUT2D eigenvalue weighted by molar-refractivity contribution is -0.132. The predicted molar refractivity (Wildman–Crippen MR) is 57.0 cm³/mol. The molecule has 4 nitrogen and oxygen atoms in total. The summed E-state index contributed by atoms with van der Waals surface area (Å²) in [4.78, 5) is 10.8. The van der Waals surface area contributed by atoms with E-state index in [1.807, 2.05) is 25.3 Å². The van der Waals surface area contributed by atoms with Crippen molar-refractivity contribution in [1.82, 2.24) is 10.6 Å².